The monoisotopic (exact) mass is 458 g/mol. The van der Waals surface area contributed by atoms with Crippen LogP contribution in [0.2, 0.25) is 0 Å². The normalized spacial score (nSPS) is 14.8. The van der Waals surface area contributed by atoms with Gasteiger partial charge in [-0.05, 0) is 31.9 Å². The number of benzene rings is 1. The molecule has 33 heavy (non-hydrogen) atoms. The minimum Gasteiger partial charge on any atom is -0.469 e. The van der Waals surface area contributed by atoms with E-state index in [1.54, 1.807) is 23.7 Å². The molecule has 4 heterocycles. The minimum absolute atomic E-state index is 0.0878. The smallest absolute Gasteiger partial charge is 0.308 e. The molecule has 8 nitrogen and oxygen atoms in total. The topological polar surface area (TPSA) is 95.2 Å². The van der Waals surface area contributed by atoms with Crippen LogP contribution in [0.1, 0.15) is 45.7 Å². The fourth-order valence-electron chi connectivity index (χ4n) is 4.03. The van der Waals surface area contributed by atoms with Crippen molar-refractivity contribution in [2.24, 2.45) is 4.99 Å². The second-order valence-corrected chi connectivity index (χ2v) is 9.09. The van der Waals surface area contributed by atoms with Gasteiger partial charge in [-0.1, -0.05) is 24.3 Å². The van der Waals surface area contributed by atoms with Gasteiger partial charge in [-0.15, -0.1) is 21.5 Å². The summed E-state index contributed by atoms with van der Waals surface area (Å²) in [6.07, 6.45) is 5.18. The molecule has 0 amide bonds. The highest BCUT2D eigenvalue weighted by atomic mass is 32.1. The first-order valence-corrected chi connectivity index (χ1v) is 11.3. The van der Waals surface area contributed by atoms with Crippen LogP contribution in [0.4, 0.5) is 0 Å². The van der Waals surface area contributed by atoms with Crippen LogP contribution in [-0.4, -0.2) is 43.5 Å². The summed E-state index contributed by atoms with van der Waals surface area (Å²) in [4.78, 5) is 26.7. The van der Waals surface area contributed by atoms with Gasteiger partial charge in [0.2, 0.25) is 0 Å². The van der Waals surface area contributed by atoms with Crippen molar-refractivity contribution in [1.82, 2.24) is 24.7 Å². The third-order valence-corrected chi connectivity index (χ3v) is 7.07. The third-order valence-electron chi connectivity index (χ3n) is 5.88. The second-order valence-electron chi connectivity index (χ2n) is 7.88. The zero-order chi connectivity index (χ0) is 23.1. The molecule has 166 valence electrons. The summed E-state index contributed by atoms with van der Waals surface area (Å²) in [5, 5.41) is 9.71. The standard InChI is InChI=1S/C24H22N6O2S/c1-13-14(2)33-24-21(13)22(17-7-5-16(6-8-17)18-10-25-12-26-11-18)27-19(9-20(31)32-4)23-29-28-15(3)30(23)24/h5-8,10-12,19H,9H2,1-4H3/t19-/m0/s1. The first kappa shape index (κ1) is 21.1. The molecule has 0 radical (unpaired) electrons. The molecule has 0 aliphatic carbocycles. The fraction of sp³-hybridized carbons (Fsp3) is 0.250. The lowest BCUT2D eigenvalue weighted by atomic mass is 9.97. The number of nitrogens with zero attached hydrogens (tertiary/aromatic N) is 6. The molecule has 1 aromatic carbocycles. The molecular weight excluding hydrogens is 436 g/mol. The van der Waals surface area contributed by atoms with Crippen molar-refractivity contribution in [3.63, 3.8) is 0 Å². The van der Waals surface area contributed by atoms with Gasteiger partial charge in [0.1, 0.15) is 23.2 Å². The molecular formula is C24H22N6O2S. The number of esters is 1. The van der Waals surface area contributed by atoms with Crippen molar-refractivity contribution in [2.75, 3.05) is 7.11 Å². The molecule has 1 aliphatic heterocycles. The highest BCUT2D eigenvalue weighted by molar-refractivity contribution is 7.15. The van der Waals surface area contributed by atoms with E-state index in [-0.39, 0.29) is 12.4 Å². The Morgan fingerprint density at radius 3 is 2.42 bits per heavy atom. The molecule has 9 heteroatoms. The summed E-state index contributed by atoms with van der Waals surface area (Å²) < 4.78 is 6.98. The van der Waals surface area contributed by atoms with Crippen LogP contribution < -0.4 is 0 Å². The number of aryl methyl sites for hydroxylation is 2. The lowest BCUT2D eigenvalue weighted by Crippen LogP contribution is -2.12. The number of thiophene rings is 1. The average molecular weight is 459 g/mol. The van der Waals surface area contributed by atoms with Gasteiger partial charge >= 0.3 is 5.97 Å². The number of rotatable bonds is 4. The predicted molar refractivity (Wildman–Crippen MR) is 126 cm³/mol. The lowest BCUT2D eigenvalue weighted by molar-refractivity contribution is -0.141. The van der Waals surface area contributed by atoms with Crippen LogP contribution in [0.25, 0.3) is 16.1 Å². The van der Waals surface area contributed by atoms with Crippen molar-refractivity contribution in [3.05, 3.63) is 76.2 Å². The van der Waals surface area contributed by atoms with Crippen molar-refractivity contribution < 1.29 is 9.53 Å². The molecule has 4 aromatic rings. The molecule has 0 N–H and O–H groups in total. The van der Waals surface area contributed by atoms with E-state index >= 15 is 0 Å². The van der Waals surface area contributed by atoms with Gasteiger partial charge in [0.25, 0.3) is 0 Å². The Hall–Kier alpha value is -3.72. The number of carbonyl (C=O) groups is 1. The Morgan fingerprint density at radius 1 is 1.03 bits per heavy atom. The highest BCUT2D eigenvalue weighted by Gasteiger charge is 2.32. The van der Waals surface area contributed by atoms with E-state index in [1.165, 1.54) is 18.3 Å². The predicted octanol–water partition coefficient (Wildman–Crippen LogP) is 4.17. The Balaban J connectivity index is 1.69. The highest BCUT2D eigenvalue weighted by Crippen LogP contribution is 2.39. The summed E-state index contributed by atoms with van der Waals surface area (Å²) in [5.41, 5.74) is 5.97. The van der Waals surface area contributed by atoms with Crippen molar-refractivity contribution >= 4 is 23.0 Å². The second kappa shape index (κ2) is 8.32. The van der Waals surface area contributed by atoms with Gasteiger partial charge in [-0.25, -0.2) is 9.97 Å². The van der Waals surface area contributed by atoms with Crippen LogP contribution >= 0.6 is 11.3 Å². The van der Waals surface area contributed by atoms with E-state index in [9.17, 15) is 4.79 Å². The number of fused-ring (bicyclic) bond motifs is 3. The van der Waals surface area contributed by atoms with E-state index < -0.39 is 6.04 Å². The number of hydrogen-bond acceptors (Lipinski definition) is 8. The summed E-state index contributed by atoms with van der Waals surface area (Å²) in [6.45, 7) is 6.13. The number of carbonyl (C=O) groups excluding carboxylic acids is 1. The van der Waals surface area contributed by atoms with Crippen molar-refractivity contribution in [2.45, 2.75) is 33.2 Å². The van der Waals surface area contributed by atoms with Crippen LogP contribution in [0.15, 0.2) is 48.0 Å². The Morgan fingerprint density at radius 2 is 1.73 bits per heavy atom. The van der Waals surface area contributed by atoms with E-state index in [0.717, 1.165) is 44.4 Å². The van der Waals surface area contributed by atoms with Gasteiger partial charge in [-0.3, -0.25) is 14.4 Å². The molecule has 0 spiro atoms. The molecule has 1 atom stereocenters. The van der Waals surface area contributed by atoms with E-state index in [0.29, 0.717) is 5.82 Å². The van der Waals surface area contributed by atoms with Crippen LogP contribution in [0.3, 0.4) is 0 Å². The van der Waals surface area contributed by atoms with E-state index in [4.69, 9.17) is 9.73 Å². The van der Waals surface area contributed by atoms with Crippen LogP contribution in [-0.2, 0) is 9.53 Å². The molecule has 0 saturated heterocycles. The maximum absolute atomic E-state index is 12.2. The number of methoxy groups -OCH3 is 1. The zero-order valence-electron chi connectivity index (χ0n) is 18.7. The first-order chi connectivity index (χ1) is 16.0. The summed E-state index contributed by atoms with van der Waals surface area (Å²) >= 11 is 1.69. The van der Waals surface area contributed by atoms with Crippen molar-refractivity contribution in [1.29, 1.82) is 0 Å². The Bertz CT molecular complexity index is 1370. The lowest BCUT2D eigenvalue weighted by Gasteiger charge is -2.12. The maximum Gasteiger partial charge on any atom is 0.308 e. The number of aromatic nitrogens is 5. The van der Waals surface area contributed by atoms with Gasteiger partial charge in [0, 0.05) is 34.0 Å². The molecule has 0 bridgehead atoms. The quantitative estimate of drug-likeness (QED) is 0.426. The minimum atomic E-state index is -0.504. The first-order valence-electron chi connectivity index (χ1n) is 10.5. The van der Waals surface area contributed by atoms with Crippen LogP contribution in [0, 0.1) is 20.8 Å². The molecule has 0 saturated carbocycles. The van der Waals surface area contributed by atoms with Gasteiger partial charge < -0.3 is 4.74 Å². The summed E-state index contributed by atoms with van der Waals surface area (Å²) in [5.74, 6) is 1.07. The zero-order valence-corrected chi connectivity index (χ0v) is 19.6. The third kappa shape index (κ3) is 3.64. The van der Waals surface area contributed by atoms with E-state index in [1.807, 2.05) is 35.8 Å². The van der Waals surface area contributed by atoms with Gasteiger partial charge in [0.05, 0.1) is 19.2 Å². The fourth-order valence-corrected chi connectivity index (χ4v) is 5.25. The van der Waals surface area contributed by atoms with Gasteiger partial charge in [0.15, 0.2) is 5.82 Å². The molecule has 3 aromatic heterocycles. The summed E-state index contributed by atoms with van der Waals surface area (Å²) in [6, 6.07) is 7.67. The average Bonchev–Trinajstić information content (AvgIpc) is 3.31. The molecule has 0 fully saturated rings. The van der Waals surface area contributed by atoms with Gasteiger partial charge in [-0.2, -0.15) is 0 Å². The SMILES string of the molecule is COC(=O)C[C@@H]1N=C(c2ccc(-c3cncnc3)cc2)c2c(sc(C)c2C)-n2c(C)nnc21. The molecule has 5 rings (SSSR count). The van der Waals surface area contributed by atoms with Crippen LogP contribution in [0.5, 0.6) is 0 Å². The molecule has 1 aliphatic rings. The maximum atomic E-state index is 12.2. The number of ether oxygens (including phenoxy) is 1. The molecule has 0 unspecified atom stereocenters. The number of aliphatic imine (C=N–C) groups is 1. The largest absolute Gasteiger partial charge is 0.469 e. The number of hydrogen-bond donors (Lipinski definition) is 0. The van der Waals surface area contributed by atoms with Crippen molar-refractivity contribution in [3.8, 4) is 16.1 Å². The Labute approximate surface area is 195 Å². The Kier molecular flexibility index (Phi) is 5.33. The summed E-state index contributed by atoms with van der Waals surface area (Å²) in [7, 11) is 1.38. The van der Waals surface area contributed by atoms with E-state index in [2.05, 4.69) is 34.0 Å².